The molecule has 0 aliphatic carbocycles. The molecule has 1 radical (unpaired) electrons. The molecule has 1 N–H and O–H groups in total. The van der Waals surface area contributed by atoms with Crippen molar-refractivity contribution in [3.05, 3.63) is 34.4 Å². The molecule has 67 valence electrons. The summed E-state index contributed by atoms with van der Waals surface area (Å²) < 4.78 is 0. The van der Waals surface area contributed by atoms with Crippen molar-refractivity contribution in [2.75, 3.05) is 0 Å². The second-order valence-electron chi connectivity index (χ2n) is 2.99. The van der Waals surface area contributed by atoms with E-state index in [0.717, 1.165) is 16.7 Å². The zero-order chi connectivity index (χ0) is 9.30. The van der Waals surface area contributed by atoms with Gasteiger partial charge < -0.3 is 5.11 Å². The molecule has 0 aromatic heterocycles. The minimum Gasteiger partial charge on any atom is -0.478 e. The summed E-state index contributed by atoms with van der Waals surface area (Å²) in [5, 5.41) is 8.78. The van der Waals surface area contributed by atoms with E-state index in [4.69, 9.17) is 5.11 Å². The van der Waals surface area contributed by atoms with Gasteiger partial charge in [0, 0.05) is 27.3 Å². The van der Waals surface area contributed by atoms with E-state index in [1.54, 1.807) is 6.07 Å². The van der Waals surface area contributed by atoms with E-state index < -0.39 is 5.97 Å². The second kappa shape index (κ2) is 4.74. The normalized spacial score (nSPS) is 9.15. The number of carbonyl (C=O) groups is 1. The van der Waals surface area contributed by atoms with Gasteiger partial charge in [0.1, 0.15) is 0 Å². The first-order valence-electron chi connectivity index (χ1n) is 3.84. The number of carboxylic acids is 1. The van der Waals surface area contributed by atoms with Crippen LogP contribution in [0.4, 0.5) is 0 Å². The Kier molecular flexibility index (Phi) is 4.60. The molecule has 0 aliphatic rings. The molecule has 1 aromatic rings. The number of aryl methyl sites for hydroxylation is 1. The average Bonchev–Trinajstić information content (AvgIpc) is 2.00. The van der Waals surface area contributed by atoms with Crippen LogP contribution in [0, 0.1) is 20.8 Å². The van der Waals surface area contributed by atoms with Gasteiger partial charge in [-0.25, -0.2) is 4.79 Å². The second-order valence-corrected chi connectivity index (χ2v) is 2.99. The Balaban J connectivity index is 0.00000144. The molecule has 0 saturated carbocycles. The molecule has 2 nitrogen and oxygen atoms in total. The van der Waals surface area contributed by atoms with E-state index in [9.17, 15) is 4.79 Å². The van der Waals surface area contributed by atoms with E-state index >= 15 is 0 Å². The Hall–Kier alpha value is -0.388. The van der Waals surface area contributed by atoms with Gasteiger partial charge >= 0.3 is 5.97 Å². The van der Waals surface area contributed by atoms with Crippen LogP contribution in [0.2, 0.25) is 0 Å². The van der Waals surface area contributed by atoms with E-state index in [-0.39, 0.29) is 27.3 Å². The standard InChI is InChI=1S/C10H12O2.Tl/c1-6-4-5-9(10(11)12)8(3)7(6)2;/h4-5H,1-3H3,(H,11,12);. The number of carboxylic acid groups (broad SMARTS) is 1. The molecule has 1 aromatic carbocycles. The summed E-state index contributed by atoms with van der Waals surface area (Å²) in [5.41, 5.74) is 3.47. The Bertz CT molecular complexity index is 332. The fraction of sp³-hybridized carbons (Fsp3) is 0.300. The molecule has 13 heavy (non-hydrogen) atoms. The SMILES string of the molecule is Cc1ccc(C(=O)O)c(C)c1C.[Tl]. The van der Waals surface area contributed by atoms with Crippen molar-refractivity contribution in [1.82, 2.24) is 0 Å². The summed E-state index contributed by atoms with van der Waals surface area (Å²) in [7, 11) is 0. The van der Waals surface area contributed by atoms with Crippen LogP contribution in [0.5, 0.6) is 0 Å². The van der Waals surface area contributed by atoms with E-state index in [0.29, 0.717) is 5.56 Å². The van der Waals surface area contributed by atoms with Crippen molar-refractivity contribution in [2.24, 2.45) is 0 Å². The van der Waals surface area contributed by atoms with E-state index in [2.05, 4.69) is 0 Å². The maximum Gasteiger partial charge on any atom is 0.335 e. The molecule has 0 unspecified atom stereocenters. The van der Waals surface area contributed by atoms with Gasteiger partial charge in [-0.05, 0) is 43.5 Å². The maximum atomic E-state index is 10.7. The third-order valence-electron chi connectivity index (χ3n) is 2.29. The predicted octanol–water partition coefficient (Wildman–Crippen LogP) is 1.93. The van der Waals surface area contributed by atoms with Crippen LogP contribution < -0.4 is 0 Å². The van der Waals surface area contributed by atoms with Crippen molar-refractivity contribution in [2.45, 2.75) is 20.8 Å². The average molecular weight is 369 g/mol. The number of hydrogen-bond donors (Lipinski definition) is 1. The smallest absolute Gasteiger partial charge is 0.335 e. The van der Waals surface area contributed by atoms with Gasteiger partial charge in [-0.15, -0.1) is 0 Å². The van der Waals surface area contributed by atoms with Crippen molar-refractivity contribution in [3.8, 4) is 0 Å². The number of aromatic carboxylic acids is 1. The van der Waals surface area contributed by atoms with Crippen LogP contribution >= 0.6 is 0 Å². The fourth-order valence-electron chi connectivity index (χ4n) is 1.19. The number of benzene rings is 1. The Morgan fingerprint density at radius 2 is 1.69 bits per heavy atom. The molecular weight excluding hydrogens is 356 g/mol. The number of hydrogen-bond acceptors (Lipinski definition) is 1. The molecule has 0 aliphatic heterocycles. The zero-order valence-corrected chi connectivity index (χ0v) is 12.6. The number of rotatable bonds is 1. The van der Waals surface area contributed by atoms with Gasteiger partial charge in [0.05, 0.1) is 5.56 Å². The Morgan fingerprint density at radius 1 is 1.15 bits per heavy atom. The van der Waals surface area contributed by atoms with Gasteiger partial charge in [0.25, 0.3) is 0 Å². The van der Waals surface area contributed by atoms with Crippen LogP contribution in [0.3, 0.4) is 0 Å². The van der Waals surface area contributed by atoms with Crippen molar-refractivity contribution >= 4 is 33.3 Å². The molecule has 0 fully saturated rings. The molecule has 1 rings (SSSR count). The molecule has 0 saturated heterocycles. The van der Waals surface area contributed by atoms with Crippen LogP contribution in [-0.2, 0) is 0 Å². The first-order valence-corrected chi connectivity index (χ1v) is 3.84. The molecule has 0 atom stereocenters. The topological polar surface area (TPSA) is 37.3 Å². The van der Waals surface area contributed by atoms with Crippen molar-refractivity contribution < 1.29 is 9.90 Å². The maximum absolute atomic E-state index is 10.7. The van der Waals surface area contributed by atoms with Gasteiger partial charge in [0.15, 0.2) is 0 Å². The summed E-state index contributed by atoms with van der Waals surface area (Å²) in [6.45, 7) is 5.76. The van der Waals surface area contributed by atoms with Gasteiger partial charge in [-0.3, -0.25) is 0 Å². The van der Waals surface area contributed by atoms with Crippen LogP contribution in [0.15, 0.2) is 12.1 Å². The first-order chi connectivity index (χ1) is 5.54. The van der Waals surface area contributed by atoms with Crippen molar-refractivity contribution in [1.29, 1.82) is 0 Å². The van der Waals surface area contributed by atoms with Crippen LogP contribution in [0.1, 0.15) is 27.0 Å². The largest absolute Gasteiger partial charge is 0.478 e. The quantitative estimate of drug-likeness (QED) is 0.769. The molecule has 0 bridgehead atoms. The minimum atomic E-state index is -0.851. The molecule has 0 amide bonds. The summed E-state index contributed by atoms with van der Waals surface area (Å²) in [5.74, 6) is -0.851. The van der Waals surface area contributed by atoms with Crippen LogP contribution in [-0.4, -0.2) is 38.4 Å². The van der Waals surface area contributed by atoms with Crippen molar-refractivity contribution in [3.63, 3.8) is 0 Å². The minimum absolute atomic E-state index is 0. The fourth-order valence-corrected chi connectivity index (χ4v) is 1.19. The first kappa shape index (κ1) is 12.6. The Labute approximate surface area is 98.1 Å². The van der Waals surface area contributed by atoms with E-state index in [1.807, 2.05) is 26.8 Å². The Morgan fingerprint density at radius 3 is 2.15 bits per heavy atom. The third-order valence-corrected chi connectivity index (χ3v) is 2.29. The molecule has 0 spiro atoms. The predicted molar refractivity (Wildman–Crippen MR) is 53.4 cm³/mol. The zero-order valence-electron chi connectivity index (χ0n) is 8.09. The van der Waals surface area contributed by atoms with Gasteiger partial charge in [-0.1, -0.05) is 6.07 Å². The third kappa shape index (κ3) is 2.53. The molecule has 0 heterocycles. The summed E-state index contributed by atoms with van der Waals surface area (Å²) >= 11 is 0. The monoisotopic (exact) mass is 369 g/mol. The summed E-state index contributed by atoms with van der Waals surface area (Å²) in [6, 6.07) is 3.49. The van der Waals surface area contributed by atoms with Gasteiger partial charge in [0.2, 0.25) is 0 Å². The van der Waals surface area contributed by atoms with Crippen LogP contribution in [0.25, 0.3) is 0 Å². The van der Waals surface area contributed by atoms with E-state index in [1.165, 1.54) is 0 Å². The van der Waals surface area contributed by atoms with Gasteiger partial charge in [-0.2, -0.15) is 0 Å². The summed E-state index contributed by atoms with van der Waals surface area (Å²) in [4.78, 5) is 10.7. The summed E-state index contributed by atoms with van der Waals surface area (Å²) in [6.07, 6.45) is 0. The molecule has 3 heteroatoms. The molecular formula is C10H12O2Tl.